The normalized spacial score (nSPS) is 9.64. The lowest BCUT2D eigenvalue weighted by Gasteiger charge is -2.06. The summed E-state index contributed by atoms with van der Waals surface area (Å²) in [6.45, 7) is -0.184. The maximum Gasteiger partial charge on any atom is 0.343 e. The first-order valence-electron chi connectivity index (χ1n) is 3.78. The van der Waals surface area contributed by atoms with Gasteiger partial charge in [-0.3, -0.25) is 0 Å². The number of carbonyl (C=O) groups excluding carboxylic acids is 1. The van der Waals surface area contributed by atoms with E-state index in [2.05, 4.69) is 4.74 Å². The molecule has 1 aromatic rings. The summed E-state index contributed by atoms with van der Waals surface area (Å²) >= 11 is 11.5. The van der Waals surface area contributed by atoms with E-state index in [9.17, 15) is 4.79 Å². The second-order valence-electron chi connectivity index (χ2n) is 2.42. The lowest BCUT2D eigenvalue weighted by atomic mass is 10.3. The van der Waals surface area contributed by atoms with Crippen molar-refractivity contribution in [3.8, 4) is 5.75 Å². The quantitative estimate of drug-likeness (QED) is 0.755. The van der Waals surface area contributed by atoms with Crippen LogP contribution in [-0.4, -0.2) is 19.7 Å². The Bertz CT molecular complexity index is 339. The van der Waals surface area contributed by atoms with Crippen molar-refractivity contribution in [3.05, 3.63) is 28.2 Å². The van der Waals surface area contributed by atoms with E-state index in [1.165, 1.54) is 7.11 Å². The highest BCUT2D eigenvalue weighted by Gasteiger charge is 2.07. The molecule has 0 saturated heterocycles. The number of carbonyl (C=O) groups is 1. The number of hydrogen-bond donors (Lipinski definition) is 0. The maximum atomic E-state index is 10.8. The van der Waals surface area contributed by atoms with Gasteiger partial charge >= 0.3 is 5.97 Å². The summed E-state index contributed by atoms with van der Waals surface area (Å²) in [6.07, 6.45) is 0. The molecule has 0 fully saturated rings. The van der Waals surface area contributed by atoms with Gasteiger partial charge in [0, 0.05) is 0 Å². The first-order chi connectivity index (χ1) is 6.65. The van der Waals surface area contributed by atoms with E-state index in [1.807, 2.05) is 0 Å². The predicted octanol–water partition coefficient (Wildman–Crippen LogP) is 2.55. The molecule has 1 aromatic carbocycles. The highest BCUT2D eigenvalue weighted by Crippen LogP contribution is 2.31. The second kappa shape index (κ2) is 5.08. The van der Waals surface area contributed by atoms with Crippen LogP contribution in [-0.2, 0) is 9.53 Å². The summed E-state index contributed by atoms with van der Waals surface area (Å²) in [5.74, 6) is -0.106. The number of rotatable bonds is 3. The number of methoxy groups -OCH3 is 1. The molecule has 0 aliphatic rings. The van der Waals surface area contributed by atoms with Crippen LogP contribution in [0.1, 0.15) is 0 Å². The topological polar surface area (TPSA) is 35.5 Å². The maximum absolute atomic E-state index is 10.8. The average molecular weight is 235 g/mol. The largest absolute Gasteiger partial charge is 0.480 e. The molecule has 0 bridgehead atoms. The van der Waals surface area contributed by atoms with Crippen LogP contribution in [0.15, 0.2) is 18.2 Å². The molecule has 0 N–H and O–H groups in total. The minimum absolute atomic E-state index is 0.184. The fourth-order valence-corrected chi connectivity index (χ4v) is 1.14. The van der Waals surface area contributed by atoms with Gasteiger partial charge < -0.3 is 9.47 Å². The Morgan fingerprint density at radius 2 is 2.14 bits per heavy atom. The van der Waals surface area contributed by atoms with Crippen LogP contribution in [0.3, 0.4) is 0 Å². The molecule has 0 unspecified atom stereocenters. The van der Waals surface area contributed by atoms with Gasteiger partial charge in [0.25, 0.3) is 0 Å². The number of hydrogen-bond acceptors (Lipinski definition) is 3. The predicted molar refractivity (Wildman–Crippen MR) is 54.0 cm³/mol. The van der Waals surface area contributed by atoms with Crippen LogP contribution in [0.5, 0.6) is 5.75 Å². The molecule has 0 aromatic heterocycles. The van der Waals surface area contributed by atoms with E-state index >= 15 is 0 Å². The van der Waals surface area contributed by atoms with Gasteiger partial charge in [0.2, 0.25) is 0 Å². The Balaban J connectivity index is 2.68. The molecule has 0 aliphatic heterocycles. The molecule has 0 atom stereocenters. The third-order valence-corrected chi connectivity index (χ3v) is 2.29. The number of ether oxygens (including phenoxy) is 2. The molecule has 0 amide bonds. The average Bonchev–Trinajstić information content (AvgIpc) is 2.20. The van der Waals surface area contributed by atoms with Crippen LogP contribution in [0.4, 0.5) is 0 Å². The van der Waals surface area contributed by atoms with Gasteiger partial charge in [-0.2, -0.15) is 0 Å². The molecule has 0 aliphatic carbocycles. The summed E-state index contributed by atoms with van der Waals surface area (Å²) < 4.78 is 9.48. The second-order valence-corrected chi connectivity index (χ2v) is 3.20. The van der Waals surface area contributed by atoms with Gasteiger partial charge in [-0.25, -0.2) is 4.79 Å². The van der Waals surface area contributed by atoms with Gasteiger partial charge in [0.15, 0.2) is 6.61 Å². The van der Waals surface area contributed by atoms with Crippen molar-refractivity contribution >= 4 is 29.2 Å². The Hall–Kier alpha value is -0.930. The first-order valence-corrected chi connectivity index (χ1v) is 4.54. The first kappa shape index (κ1) is 11.1. The molecular weight excluding hydrogens is 227 g/mol. The van der Waals surface area contributed by atoms with Gasteiger partial charge in [-0.15, -0.1) is 0 Å². The molecule has 0 saturated carbocycles. The fraction of sp³-hybridized carbons (Fsp3) is 0.222. The molecule has 14 heavy (non-hydrogen) atoms. The molecule has 0 spiro atoms. The SMILES string of the molecule is COC(=O)COc1cccc(Cl)c1Cl. The van der Waals surface area contributed by atoms with Crippen molar-refractivity contribution < 1.29 is 14.3 Å². The lowest BCUT2D eigenvalue weighted by Crippen LogP contribution is -2.12. The molecule has 3 nitrogen and oxygen atoms in total. The minimum Gasteiger partial charge on any atom is -0.480 e. The standard InChI is InChI=1S/C9H8Cl2O3/c1-13-8(12)5-14-7-4-2-3-6(10)9(7)11/h2-4H,5H2,1H3. The van der Waals surface area contributed by atoms with Gasteiger partial charge in [-0.1, -0.05) is 29.3 Å². The van der Waals surface area contributed by atoms with Crippen LogP contribution < -0.4 is 4.74 Å². The number of esters is 1. The minimum atomic E-state index is -0.471. The van der Waals surface area contributed by atoms with E-state index in [-0.39, 0.29) is 11.6 Å². The van der Waals surface area contributed by atoms with Crippen molar-refractivity contribution in [2.75, 3.05) is 13.7 Å². The molecule has 5 heteroatoms. The zero-order valence-electron chi connectivity index (χ0n) is 7.42. The summed E-state index contributed by atoms with van der Waals surface area (Å²) in [5.41, 5.74) is 0. The summed E-state index contributed by atoms with van der Waals surface area (Å²) in [6, 6.07) is 4.94. The summed E-state index contributed by atoms with van der Waals surface area (Å²) in [7, 11) is 1.28. The Morgan fingerprint density at radius 1 is 1.43 bits per heavy atom. The smallest absolute Gasteiger partial charge is 0.343 e. The monoisotopic (exact) mass is 234 g/mol. The zero-order chi connectivity index (χ0) is 10.6. The summed E-state index contributed by atoms with van der Waals surface area (Å²) in [4.78, 5) is 10.8. The highest BCUT2D eigenvalue weighted by atomic mass is 35.5. The number of benzene rings is 1. The fourth-order valence-electron chi connectivity index (χ4n) is 0.791. The van der Waals surface area contributed by atoms with E-state index in [4.69, 9.17) is 27.9 Å². The van der Waals surface area contributed by atoms with Crippen molar-refractivity contribution in [2.24, 2.45) is 0 Å². The third-order valence-electron chi connectivity index (χ3n) is 1.49. The molecule has 76 valence electrons. The molecular formula is C9H8Cl2O3. The van der Waals surface area contributed by atoms with E-state index in [0.29, 0.717) is 10.8 Å². The van der Waals surface area contributed by atoms with Gasteiger partial charge in [-0.05, 0) is 12.1 Å². The van der Waals surface area contributed by atoms with Crippen LogP contribution in [0, 0.1) is 0 Å². The van der Waals surface area contributed by atoms with Gasteiger partial charge in [0.05, 0.1) is 12.1 Å². The lowest BCUT2D eigenvalue weighted by molar-refractivity contribution is -0.142. The van der Waals surface area contributed by atoms with Crippen LogP contribution >= 0.6 is 23.2 Å². The van der Waals surface area contributed by atoms with Crippen molar-refractivity contribution in [2.45, 2.75) is 0 Å². The van der Waals surface area contributed by atoms with Crippen molar-refractivity contribution in [3.63, 3.8) is 0 Å². The molecule has 1 rings (SSSR count). The van der Waals surface area contributed by atoms with Crippen molar-refractivity contribution in [1.82, 2.24) is 0 Å². The van der Waals surface area contributed by atoms with Crippen LogP contribution in [0.2, 0.25) is 10.0 Å². The van der Waals surface area contributed by atoms with E-state index in [1.54, 1.807) is 18.2 Å². The number of halogens is 2. The van der Waals surface area contributed by atoms with Crippen LogP contribution in [0.25, 0.3) is 0 Å². The zero-order valence-corrected chi connectivity index (χ0v) is 8.93. The van der Waals surface area contributed by atoms with E-state index in [0.717, 1.165) is 0 Å². The van der Waals surface area contributed by atoms with Gasteiger partial charge in [0.1, 0.15) is 10.8 Å². The Morgan fingerprint density at radius 3 is 2.79 bits per heavy atom. The molecule has 0 heterocycles. The third kappa shape index (κ3) is 2.79. The Kier molecular flexibility index (Phi) is 4.04. The molecule has 0 radical (unpaired) electrons. The van der Waals surface area contributed by atoms with E-state index < -0.39 is 5.97 Å². The summed E-state index contributed by atoms with van der Waals surface area (Å²) in [5, 5.41) is 0.673. The Labute approximate surface area is 91.5 Å². The highest BCUT2D eigenvalue weighted by molar-refractivity contribution is 6.42. The van der Waals surface area contributed by atoms with Crippen molar-refractivity contribution in [1.29, 1.82) is 0 Å².